The molecule has 22 heavy (non-hydrogen) atoms. The lowest BCUT2D eigenvalue weighted by atomic mass is 10.1. The van der Waals surface area contributed by atoms with Crippen LogP contribution >= 0.6 is 11.3 Å². The van der Waals surface area contributed by atoms with Gasteiger partial charge in [0.05, 0.1) is 31.0 Å². The van der Waals surface area contributed by atoms with Crippen LogP contribution in [0.5, 0.6) is 5.75 Å². The minimum atomic E-state index is -0.352. The molecule has 7 heteroatoms. The monoisotopic (exact) mass is 322 g/mol. The van der Waals surface area contributed by atoms with E-state index in [1.165, 1.54) is 29.7 Å². The van der Waals surface area contributed by atoms with Crippen molar-refractivity contribution in [1.29, 1.82) is 0 Å². The molecule has 5 nitrogen and oxygen atoms in total. The molecule has 0 spiro atoms. The Labute approximate surface area is 131 Å². The number of rotatable bonds is 4. The molecule has 1 aliphatic rings. The average Bonchev–Trinajstić information content (AvgIpc) is 3.04. The van der Waals surface area contributed by atoms with Gasteiger partial charge in [0.15, 0.2) is 0 Å². The number of hydrogen-bond acceptors (Lipinski definition) is 5. The van der Waals surface area contributed by atoms with Crippen molar-refractivity contribution < 1.29 is 18.7 Å². The van der Waals surface area contributed by atoms with Gasteiger partial charge in [-0.1, -0.05) is 6.07 Å². The number of amides is 1. The summed E-state index contributed by atoms with van der Waals surface area (Å²) >= 11 is 1.27. The third-order valence-corrected chi connectivity index (χ3v) is 4.12. The Morgan fingerprint density at radius 1 is 1.50 bits per heavy atom. The van der Waals surface area contributed by atoms with Gasteiger partial charge >= 0.3 is 0 Å². The SMILES string of the molecule is O=C(NC1COCCC1Oc1cccc(F)c1)c1cncs1. The summed E-state index contributed by atoms with van der Waals surface area (Å²) in [5.74, 6) is -0.107. The highest BCUT2D eigenvalue weighted by Crippen LogP contribution is 2.19. The quantitative estimate of drug-likeness (QED) is 0.938. The summed E-state index contributed by atoms with van der Waals surface area (Å²) in [6.45, 7) is 0.914. The molecule has 2 unspecified atom stereocenters. The van der Waals surface area contributed by atoms with Crippen molar-refractivity contribution in [2.75, 3.05) is 13.2 Å². The van der Waals surface area contributed by atoms with Crippen LogP contribution in [0.2, 0.25) is 0 Å². The summed E-state index contributed by atoms with van der Waals surface area (Å²) < 4.78 is 24.5. The van der Waals surface area contributed by atoms with E-state index in [-0.39, 0.29) is 23.9 Å². The molecule has 2 heterocycles. The topological polar surface area (TPSA) is 60.5 Å². The van der Waals surface area contributed by atoms with Crippen molar-refractivity contribution in [3.63, 3.8) is 0 Å². The molecule has 0 saturated carbocycles. The summed E-state index contributed by atoms with van der Waals surface area (Å²) in [6.07, 6.45) is 1.89. The molecule has 0 aliphatic carbocycles. The third kappa shape index (κ3) is 3.61. The third-order valence-electron chi connectivity index (χ3n) is 3.35. The van der Waals surface area contributed by atoms with Crippen LogP contribution in [-0.4, -0.2) is 36.3 Å². The van der Waals surface area contributed by atoms with E-state index in [9.17, 15) is 9.18 Å². The van der Waals surface area contributed by atoms with Gasteiger partial charge in [0.1, 0.15) is 22.5 Å². The molecule has 0 bridgehead atoms. The van der Waals surface area contributed by atoms with Gasteiger partial charge in [0.2, 0.25) is 0 Å². The number of nitrogens with one attached hydrogen (secondary N) is 1. The maximum absolute atomic E-state index is 13.2. The molecule has 1 aromatic heterocycles. The van der Waals surface area contributed by atoms with Gasteiger partial charge in [-0.3, -0.25) is 9.78 Å². The molecular weight excluding hydrogens is 307 g/mol. The van der Waals surface area contributed by atoms with Gasteiger partial charge < -0.3 is 14.8 Å². The molecule has 1 amide bonds. The molecule has 1 N–H and O–H groups in total. The van der Waals surface area contributed by atoms with E-state index in [4.69, 9.17) is 9.47 Å². The van der Waals surface area contributed by atoms with E-state index in [2.05, 4.69) is 10.3 Å². The number of ether oxygens (including phenoxy) is 2. The molecule has 0 radical (unpaired) electrons. The number of carbonyl (C=O) groups is 1. The molecule has 3 rings (SSSR count). The highest BCUT2D eigenvalue weighted by molar-refractivity contribution is 7.11. The van der Waals surface area contributed by atoms with E-state index < -0.39 is 0 Å². The Morgan fingerprint density at radius 2 is 2.41 bits per heavy atom. The molecule has 1 saturated heterocycles. The van der Waals surface area contributed by atoms with Crippen LogP contribution in [0.25, 0.3) is 0 Å². The zero-order valence-electron chi connectivity index (χ0n) is 11.7. The second-order valence-corrected chi connectivity index (χ2v) is 5.81. The maximum Gasteiger partial charge on any atom is 0.263 e. The van der Waals surface area contributed by atoms with Gasteiger partial charge in [-0.25, -0.2) is 4.39 Å². The predicted molar refractivity (Wildman–Crippen MR) is 79.6 cm³/mol. The zero-order valence-corrected chi connectivity index (χ0v) is 12.5. The lowest BCUT2D eigenvalue weighted by molar-refractivity contribution is -0.00292. The Kier molecular flexibility index (Phi) is 4.65. The van der Waals surface area contributed by atoms with Gasteiger partial charge in [-0.15, -0.1) is 11.3 Å². The predicted octanol–water partition coefficient (Wildman–Crippen LogP) is 2.25. The second-order valence-electron chi connectivity index (χ2n) is 4.92. The molecular formula is C15H15FN2O3S. The van der Waals surface area contributed by atoms with Crippen LogP contribution in [-0.2, 0) is 4.74 Å². The summed E-state index contributed by atoms with van der Waals surface area (Å²) in [7, 11) is 0. The maximum atomic E-state index is 13.2. The summed E-state index contributed by atoms with van der Waals surface area (Å²) in [5.41, 5.74) is 1.60. The minimum absolute atomic E-state index is 0.203. The lowest BCUT2D eigenvalue weighted by Gasteiger charge is -2.32. The Balaban J connectivity index is 1.67. The van der Waals surface area contributed by atoms with Crippen LogP contribution < -0.4 is 10.1 Å². The number of carbonyl (C=O) groups excluding carboxylic acids is 1. The lowest BCUT2D eigenvalue weighted by Crippen LogP contribution is -2.51. The van der Waals surface area contributed by atoms with Crippen LogP contribution in [0, 0.1) is 5.82 Å². The van der Waals surface area contributed by atoms with Crippen molar-refractivity contribution >= 4 is 17.2 Å². The van der Waals surface area contributed by atoms with E-state index in [0.29, 0.717) is 30.3 Å². The van der Waals surface area contributed by atoms with Crippen molar-refractivity contribution in [2.24, 2.45) is 0 Å². The molecule has 1 aliphatic heterocycles. The van der Waals surface area contributed by atoms with Gasteiger partial charge in [-0.05, 0) is 12.1 Å². The zero-order chi connectivity index (χ0) is 15.4. The molecule has 1 fully saturated rings. The average molecular weight is 322 g/mol. The van der Waals surface area contributed by atoms with E-state index in [0.717, 1.165) is 0 Å². The van der Waals surface area contributed by atoms with Gasteiger partial charge in [0, 0.05) is 12.5 Å². The largest absolute Gasteiger partial charge is 0.488 e. The number of hydrogen-bond donors (Lipinski definition) is 1. The molecule has 2 aromatic rings. The van der Waals surface area contributed by atoms with Gasteiger partial charge in [0.25, 0.3) is 5.91 Å². The van der Waals surface area contributed by atoms with Crippen molar-refractivity contribution in [3.8, 4) is 5.75 Å². The fourth-order valence-corrected chi connectivity index (χ4v) is 2.80. The van der Waals surface area contributed by atoms with Crippen molar-refractivity contribution in [3.05, 3.63) is 46.7 Å². The van der Waals surface area contributed by atoms with Crippen LogP contribution in [0.4, 0.5) is 4.39 Å². The first-order valence-corrected chi connectivity index (χ1v) is 7.79. The minimum Gasteiger partial charge on any atom is -0.488 e. The van der Waals surface area contributed by atoms with Gasteiger partial charge in [-0.2, -0.15) is 0 Å². The normalized spacial score (nSPS) is 21.3. The van der Waals surface area contributed by atoms with Crippen molar-refractivity contribution in [1.82, 2.24) is 10.3 Å². The molecule has 1 aromatic carbocycles. The van der Waals surface area contributed by atoms with Crippen LogP contribution in [0.1, 0.15) is 16.1 Å². The first-order chi connectivity index (χ1) is 10.7. The molecule has 116 valence electrons. The number of benzene rings is 1. The smallest absolute Gasteiger partial charge is 0.263 e. The van der Waals surface area contributed by atoms with Crippen LogP contribution in [0.15, 0.2) is 36.0 Å². The number of nitrogens with zero attached hydrogens (tertiary/aromatic N) is 1. The number of aromatic nitrogens is 1. The van der Waals surface area contributed by atoms with Crippen LogP contribution in [0.3, 0.4) is 0 Å². The van der Waals surface area contributed by atoms with Crippen molar-refractivity contribution in [2.45, 2.75) is 18.6 Å². The fraction of sp³-hybridized carbons (Fsp3) is 0.333. The Bertz CT molecular complexity index is 635. The summed E-state index contributed by atoms with van der Waals surface area (Å²) in [5, 5.41) is 2.89. The number of halogens is 1. The Morgan fingerprint density at radius 3 is 3.18 bits per heavy atom. The second kappa shape index (κ2) is 6.85. The van der Waals surface area contributed by atoms with E-state index in [1.807, 2.05) is 0 Å². The molecule has 2 atom stereocenters. The highest BCUT2D eigenvalue weighted by atomic mass is 32.1. The fourth-order valence-electron chi connectivity index (χ4n) is 2.28. The summed E-state index contributed by atoms with van der Waals surface area (Å²) in [4.78, 5) is 16.5. The van der Waals surface area contributed by atoms with E-state index in [1.54, 1.807) is 17.6 Å². The Hall–Kier alpha value is -1.99. The first-order valence-electron chi connectivity index (χ1n) is 6.92. The van der Waals surface area contributed by atoms with E-state index >= 15 is 0 Å². The number of thiazole rings is 1. The summed E-state index contributed by atoms with van der Waals surface area (Å²) in [6, 6.07) is 5.69. The highest BCUT2D eigenvalue weighted by Gasteiger charge is 2.29. The first kappa shape index (κ1) is 14.9. The standard InChI is InChI=1S/C15H15FN2O3S/c16-10-2-1-3-11(6-10)21-13-4-5-20-8-12(13)18-15(19)14-7-17-9-22-14/h1-3,6-7,9,12-13H,4-5,8H2,(H,18,19).